The summed E-state index contributed by atoms with van der Waals surface area (Å²) in [5, 5.41) is 2.72. The number of likely N-dealkylation sites (N-methyl/N-ethyl adjacent to an activating group) is 1. The second kappa shape index (κ2) is 7.19. The Bertz CT molecular complexity index is 766. The lowest BCUT2D eigenvalue weighted by Gasteiger charge is -2.34. The quantitative estimate of drug-likeness (QED) is 0.927. The van der Waals surface area contributed by atoms with Gasteiger partial charge in [0.25, 0.3) is 5.91 Å². The van der Waals surface area contributed by atoms with Gasteiger partial charge >= 0.3 is 0 Å². The van der Waals surface area contributed by atoms with Crippen LogP contribution in [0.5, 0.6) is 0 Å². The van der Waals surface area contributed by atoms with Crippen LogP contribution in [0.2, 0.25) is 0 Å². The zero-order valence-corrected chi connectivity index (χ0v) is 14.4. The Labute approximate surface area is 146 Å². The molecule has 1 heterocycles. The van der Waals surface area contributed by atoms with Crippen LogP contribution in [-0.4, -0.2) is 44.0 Å². The van der Waals surface area contributed by atoms with E-state index in [4.69, 9.17) is 0 Å². The smallest absolute Gasteiger partial charge is 0.255 e. The van der Waals surface area contributed by atoms with E-state index >= 15 is 0 Å². The largest absolute Gasteiger partial charge is 0.369 e. The standard InChI is InChI=1S/C19H21F2N3O/c1-13-9-17(24-7-5-23(2)6-8-24)3-4-18(13)22-19(25)14-10-15(20)12-16(21)11-14/h3-4,9-12H,5-8H2,1-2H3,(H,22,25). The fourth-order valence-corrected chi connectivity index (χ4v) is 2.93. The first-order valence-corrected chi connectivity index (χ1v) is 8.24. The fraction of sp³-hybridized carbons (Fsp3) is 0.316. The number of nitrogens with one attached hydrogen (secondary N) is 1. The van der Waals surface area contributed by atoms with Crippen LogP contribution < -0.4 is 10.2 Å². The number of hydrogen-bond acceptors (Lipinski definition) is 3. The number of piperazine rings is 1. The molecule has 2 aromatic rings. The topological polar surface area (TPSA) is 35.6 Å². The molecule has 1 N–H and O–H groups in total. The summed E-state index contributed by atoms with van der Waals surface area (Å²) in [6, 6.07) is 8.59. The zero-order chi connectivity index (χ0) is 18.0. The molecule has 1 aliphatic heterocycles. The number of amides is 1. The Morgan fingerprint density at radius 2 is 1.64 bits per heavy atom. The van der Waals surface area contributed by atoms with Gasteiger partial charge in [0.05, 0.1) is 0 Å². The van der Waals surface area contributed by atoms with Crippen molar-refractivity contribution in [3.63, 3.8) is 0 Å². The average molecular weight is 345 g/mol. The number of carbonyl (C=O) groups is 1. The van der Waals surface area contributed by atoms with Gasteiger partial charge in [0.15, 0.2) is 0 Å². The number of halogens is 2. The van der Waals surface area contributed by atoms with Gasteiger partial charge in [-0.25, -0.2) is 8.78 Å². The molecule has 1 amide bonds. The van der Waals surface area contributed by atoms with Gasteiger partial charge in [-0.15, -0.1) is 0 Å². The van der Waals surface area contributed by atoms with Crippen LogP contribution in [0.3, 0.4) is 0 Å². The van der Waals surface area contributed by atoms with Crippen molar-refractivity contribution in [3.8, 4) is 0 Å². The van der Waals surface area contributed by atoms with E-state index in [2.05, 4.69) is 22.2 Å². The van der Waals surface area contributed by atoms with Crippen LogP contribution >= 0.6 is 0 Å². The molecule has 1 aliphatic rings. The molecule has 0 radical (unpaired) electrons. The zero-order valence-electron chi connectivity index (χ0n) is 14.4. The number of anilines is 2. The van der Waals surface area contributed by atoms with E-state index in [1.807, 2.05) is 25.1 Å². The van der Waals surface area contributed by atoms with Crippen molar-refractivity contribution in [1.29, 1.82) is 0 Å². The number of hydrogen-bond donors (Lipinski definition) is 1. The minimum Gasteiger partial charge on any atom is -0.369 e. The monoisotopic (exact) mass is 345 g/mol. The van der Waals surface area contributed by atoms with Gasteiger partial charge in [0.1, 0.15) is 11.6 Å². The summed E-state index contributed by atoms with van der Waals surface area (Å²) in [5.74, 6) is -2.08. The van der Waals surface area contributed by atoms with E-state index in [1.165, 1.54) is 0 Å². The predicted molar refractivity (Wildman–Crippen MR) is 95.2 cm³/mol. The maximum Gasteiger partial charge on any atom is 0.255 e. The molecule has 3 rings (SSSR count). The van der Waals surface area contributed by atoms with Crippen molar-refractivity contribution >= 4 is 17.3 Å². The highest BCUT2D eigenvalue weighted by Gasteiger charge is 2.16. The van der Waals surface area contributed by atoms with Gasteiger partial charge in [-0.3, -0.25) is 4.79 Å². The lowest BCUT2D eigenvalue weighted by molar-refractivity contribution is 0.102. The van der Waals surface area contributed by atoms with E-state index in [1.54, 1.807) is 0 Å². The van der Waals surface area contributed by atoms with Gasteiger partial charge in [-0.05, 0) is 49.9 Å². The predicted octanol–water partition coefficient (Wildman–Crippen LogP) is 3.28. The van der Waals surface area contributed by atoms with Crippen molar-refractivity contribution in [3.05, 3.63) is 59.2 Å². The van der Waals surface area contributed by atoms with Gasteiger partial charge < -0.3 is 15.1 Å². The number of aryl methyl sites for hydroxylation is 1. The summed E-state index contributed by atoms with van der Waals surface area (Å²) in [6.45, 7) is 5.86. The highest BCUT2D eigenvalue weighted by molar-refractivity contribution is 6.04. The van der Waals surface area contributed by atoms with E-state index in [0.29, 0.717) is 5.69 Å². The minimum atomic E-state index is -0.771. The van der Waals surface area contributed by atoms with Crippen LogP contribution in [-0.2, 0) is 0 Å². The molecular formula is C19H21F2N3O. The van der Waals surface area contributed by atoms with Crippen molar-refractivity contribution in [2.24, 2.45) is 0 Å². The fourth-order valence-electron chi connectivity index (χ4n) is 2.93. The van der Waals surface area contributed by atoms with Gasteiger partial charge in [0, 0.05) is 49.2 Å². The Morgan fingerprint density at radius 1 is 1.00 bits per heavy atom. The number of nitrogens with zero attached hydrogens (tertiary/aromatic N) is 2. The first kappa shape index (κ1) is 17.4. The van der Waals surface area contributed by atoms with Crippen LogP contribution in [0, 0.1) is 18.6 Å². The minimum absolute atomic E-state index is 0.0416. The summed E-state index contributed by atoms with van der Waals surface area (Å²) in [5.41, 5.74) is 2.61. The molecule has 0 saturated carbocycles. The molecule has 4 nitrogen and oxygen atoms in total. The third-order valence-corrected chi connectivity index (χ3v) is 4.45. The molecule has 132 valence electrons. The molecule has 6 heteroatoms. The highest BCUT2D eigenvalue weighted by Crippen LogP contribution is 2.24. The lowest BCUT2D eigenvalue weighted by atomic mass is 10.1. The lowest BCUT2D eigenvalue weighted by Crippen LogP contribution is -2.44. The molecule has 25 heavy (non-hydrogen) atoms. The highest BCUT2D eigenvalue weighted by atomic mass is 19.1. The van der Waals surface area contributed by atoms with Crippen molar-refractivity contribution in [2.45, 2.75) is 6.92 Å². The second-order valence-electron chi connectivity index (χ2n) is 6.40. The molecule has 1 saturated heterocycles. The molecule has 0 bridgehead atoms. The van der Waals surface area contributed by atoms with Crippen LogP contribution in [0.25, 0.3) is 0 Å². The number of carbonyl (C=O) groups excluding carboxylic acids is 1. The molecule has 0 atom stereocenters. The molecule has 0 aromatic heterocycles. The van der Waals surface area contributed by atoms with Crippen molar-refractivity contribution in [2.75, 3.05) is 43.4 Å². The summed E-state index contributed by atoms with van der Waals surface area (Å²) in [7, 11) is 2.11. The van der Waals surface area contributed by atoms with E-state index in [-0.39, 0.29) is 5.56 Å². The Morgan fingerprint density at radius 3 is 2.24 bits per heavy atom. The average Bonchev–Trinajstić information content (AvgIpc) is 2.56. The van der Waals surface area contributed by atoms with E-state index < -0.39 is 17.5 Å². The normalized spacial score (nSPS) is 15.3. The molecular weight excluding hydrogens is 324 g/mol. The third-order valence-electron chi connectivity index (χ3n) is 4.45. The molecule has 0 aliphatic carbocycles. The van der Waals surface area contributed by atoms with Crippen LogP contribution in [0.15, 0.2) is 36.4 Å². The SMILES string of the molecule is Cc1cc(N2CCN(C)CC2)ccc1NC(=O)c1cc(F)cc(F)c1. The van der Waals surface area contributed by atoms with Crippen molar-refractivity contribution in [1.82, 2.24) is 4.90 Å². The summed E-state index contributed by atoms with van der Waals surface area (Å²) in [6.07, 6.45) is 0. The summed E-state index contributed by atoms with van der Waals surface area (Å²) < 4.78 is 26.5. The van der Waals surface area contributed by atoms with Crippen molar-refractivity contribution < 1.29 is 13.6 Å². The Balaban J connectivity index is 1.73. The molecule has 1 fully saturated rings. The summed E-state index contributed by atoms with van der Waals surface area (Å²) in [4.78, 5) is 16.8. The molecule has 0 spiro atoms. The summed E-state index contributed by atoms with van der Waals surface area (Å²) >= 11 is 0. The Hall–Kier alpha value is -2.47. The van der Waals surface area contributed by atoms with Gasteiger partial charge in [-0.1, -0.05) is 0 Å². The second-order valence-corrected chi connectivity index (χ2v) is 6.40. The Kier molecular flexibility index (Phi) is 4.99. The van der Waals surface area contributed by atoms with E-state index in [0.717, 1.165) is 55.6 Å². The van der Waals surface area contributed by atoms with Gasteiger partial charge in [0.2, 0.25) is 0 Å². The van der Waals surface area contributed by atoms with Crippen LogP contribution in [0.1, 0.15) is 15.9 Å². The third kappa shape index (κ3) is 4.14. The van der Waals surface area contributed by atoms with E-state index in [9.17, 15) is 13.6 Å². The maximum atomic E-state index is 13.3. The number of rotatable bonds is 3. The molecule has 0 unspecified atom stereocenters. The number of benzene rings is 2. The molecule has 2 aromatic carbocycles. The van der Waals surface area contributed by atoms with Gasteiger partial charge in [-0.2, -0.15) is 0 Å². The van der Waals surface area contributed by atoms with Crippen LogP contribution in [0.4, 0.5) is 20.2 Å². The first-order chi connectivity index (χ1) is 11.9. The first-order valence-electron chi connectivity index (χ1n) is 8.24. The maximum absolute atomic E-state index is 13.3.